The van der Waals surface area contributed by atoms with Crippen LogP contribution in [0.3, 0.4) is 0 Å². The number of para-hydroxylation sites is 1. The predicted octanol–water partition coefficient (Wildman–Crippen LogP) is 3.85. The Hall–Kier alpha value is -2.82. The molecule has 2 aromatic rings. The Balaban J connectivity index is 1.49. The lowest BCUT2D eigenvalue weighted by Gasteiger charge is -2.22. The summed E-state index contributed by atoms with van der Waals surface area (Å²) in [6.07, 6.45) is 2.81. The molecule has 2 aliphatic rings. The van der Waals surface area contributed by atoms with Gasteiger partial charge >= 0.3 is 0 Å². The standard InChI is InChI=1S/C21H22N2O3/c1-13-5-7-14(8-6-13)16(15-9-10-15)11-19(24)22-17-3-2-4-18-21(17)26-12-20(25)23-18/h2-8,15-16H,9-12H2,1H3,(H,22,24)(H,23,25). The van der Waals surface area contributed by atoms with Crippen molar-refractivity contribution in [2.75, 3.05) is 17.2 Å². The van der Waals surface area contributed by atoms with Gasteiger partial charge in [0, 0.05) is 6.42 Å². The van der Waals surface area contributed by atoms with Gasteiger partial charge in [-0.3, -0.25) is 9.59 Å². The lowest BCUT2D eigenvalue weighted by atomic mass is 9.90. The van der Waals surface area contributed by atoms with Crippen LogP contribution in [0, 0.1) is 12.8 Å². The third-order valence-electron chi connectivity index (χ3n) is 5.01. The molecule has 1 atom stereocenters. The van der Waals surface area contributed by atoms with E-state index < -0.39 is 0 Å². The molecule has 1 aliphatic carbocycles. The number of anilines is 2. The van der Waals surface area contributed by atoms with Gasteiger partial charge in [0.1, 0.15) is 0 Å². The highest BCUT2D eigenvalue weighted by molar-refractivity contribution is 6.00. The average molecular weight is 350 g/mol. The number of carbonyl (C=O) groups excluding carboxylic acids is 2. The topological polar surface area (TPSA) is 67.4 Å². The van der Waals surface area contributed by atoms with E-state index in [1.165, 1.54) is 24.0 Å². The van der Waals surface area contributed by atoms with Crippen molar-refractivity contribution in [3.8, 4) is 5.75 Å². The number of amides is 2. The van der Waals surface area contributed by atoms with E-state index in [4.69, 9.17) is 4.74 Å². The second-order valence-corrected chi connectivity index (χ2v) is 7.13. The first-order chi connectivity index (χ1) is 12.6. The molecule has 1 heterocycles. The van der Waals surface area contributed by atoms with Crippen LogP contribution < -0.4 is 15.4 Å². The van der Waals surface area contributed by atoms with E-state index in [1.807, 2.05) is 0 Å². The van der Waals surface area contributed by atoms with Crippen molar-refractivity contribution in [1.82, 2.24) is 0 Å². The summed E-state index contributed by atoms with van der Waals surface area (Å²) in [7, 11) is 0. The van der Waals surface area contributed by atoms with E-state index in [-0.39, 0.29) is 24.3 Å². The third-order valence-corrected chi connectivity index (χ3v) is 5.01. The lowest BCUT2D eigenvalue weighted by molar-refractivity contribution is -0.118. The Bertz CT molecular complexity index is 841. The number of fused-ring (bicyclic) bond motifs is 1. The van der Waals surface area contributed by atoms with Crippen LogP contribution in [0.25, 0.3) is 0 Å². The molecule has 2 aromatic carbocycles. The van der Waals surface area contributed by atoms with E-state index in [2.05, 4.69) is 41.8 Å². The first-order valence-corrected chi connectivity index (χ1v) is 9.02. The second-order valence-electron chi connectivity index (χ2n) is 7.13. The first kappa shape index (κ1) is 16.6. The normalized spacial score (nSPS) is 16.9. The van der Waals surface area contributed by atoms with Crippen LogP contribution in [0.5, 0.6) is 5.75 Å². The molecule has 0 aromatic heterocycles. The first-order valence-electron chi connectivity index (χ1n) is 9.02. The molecule has 1 fully saturated rings. The molecule has 0 bridgehead atoms. The minimum absolute atomic E-state index is 0.0311. The van der Waals surface area contributed by atoms with E-state index >= 15 is 0 Å². The maximum atomic E-state index is 12.7. The zero-order valence-corrected chi connectivity index (χ0v) is 14.7. The summed E-state index contributed by atoms with van der Waals surface area (Å²) in [6.45, 7) is 2.04. The number of carbonyl (C=O) groups is 2. The number of rotatable bonds is 5. The molecular formula is C21H22N2O3. The fourth-order valence-corrected chi connectivity index (χ4v) is 3.48. The smallest absolute Gasteiger partial charge is 0.262 e. The van der Waals surface area contributed by atoms with Crippen molar-refractivity contribution in [2.45, 2.75) is 32.1 Å². The molecule has 1 aliphatic heterocycles. The molecule has 134 valence electrons. The molecule has 2 N–H and O–H groups in total. The van der Waals surface area contributed by atoms with Gasteiger partial charge in [0.2, 0.25) is 5.91 Å². The summed E-state index contributed by atoms with van der Waals surface area (Å²) < 4.78 is 5.50. The molecule has 5 heteroatoms. The van der Waals surface area contributed by atoms with Crippen molar-refractivity contribution in [1.29, 1.82) is 0 Å². The number of aryl methyl sites for hydroxylation is 1. The van der Waals surface area contributed by atoms with E-state index in [1.54, 1.807) is 18.2 Å². The average Bonchev–Trinajstić information content (AvgIpc) is 3.45. The zero-order chi connectivity index (χ0) is 18.1. The molecule has 0 radical (unpaired) electrons. The fourth-order valence-electron chi connectivity index (χ4n) is 3.48. The molecule has 1 saturated carbocycles. The van der Waals surface area contributed by atoms with Gasteiger partial charge < -0.3 is 15.4 Å². The number of benzene rings is 2. The summed E-state index contributed by atoms with van der Waals surface area (Å²) >= 11 is 0. The van der Waals surface area contributed by atoms with Crippen LogP contribution in [0.2, 0.25) is 0 Å². The van der Waals surface area contributed by atoms with E-state index in [0.29, 0.717) is 29.5 Å². The molecule has 2 amide bonds. The Morgan fingerprint density at radius 3 is 2.73 bits per heavy atom. The van der Waals surface area contributed by atoms with Crippen molar-refractivity contribution >= 4 is 23.2 Å². The minimum atomic E-state index is -0.186. The Kier molecular flexibility index (Phi) is 4.37. The molecule has 0 spiro atoms. The van der Waals surface area contributed by atoms with Gasteiger partial charge in [0.15, 0.2) is 12.4 Å². The molecule has 1 unspecified atom stereocenters. The van der Waals surface area contributed by atoms with Crippen LogP contribution in [0.15, 0.2) is 42.5 Å². The van der Waals surface area contributed by atoms with Crippen molar-refractivity contribution < 1.29 is 14.3 Å². The molecular weight excluding hydrogens is 328 g/mol. The summed E-state index contributed by atoms with van der Waals surface area (Å²) in [5.41, 5.74) is 3.65. The number of nitrogens with one attached hydrogen (secondary N) is 2. The van der Waals surface area contributed by atoms with E-state index in [9.17, 15) is 9.59 Å². The summed E-state index contributed by atoms with van der Waals surface area (Å²) in [6, 6.07) is 13.8. The van der Waals surface area contributed by atoms with E-state index in [0.717, 1.165) is 0 Å². The number of ether oxygens (including phenoxy) is 1. The molecule has 5 nitrogen and oxygen atoms in total. The Morgan fingerprint density at radius 2 is 2.00 bits per heavy atom. The number of hydrogen-bond acceptors (Lipinski definition) is 3. The summed E-state index contributed by atoms with van der Waals surface area (Å²) in [5.74, 6) is 1.14. The van der Waals surface area contributed by atoms with Gasteiger partial charge in [0.05, 0.1) is 11.4 Å². The molecule has 0 saturated heterocycles. The highest BCUT2D eigenvalue weighted by Crippen LogP contribution is 2.45. The van der Waals surface area contributed by atoms with Gasteiger partial charge in [-0.05, 0) is 49.3 Å². The van der Waals surface area contributed by atoms with Crippen LogP contribution in [0.1, 0.15) is 36.3 Å². The minimum Gasteiger partial charge on any atom is -0.479 e. The van der Waals surface area contributed by atoms with Crippen LogP contribution in [0.4, 0.5) is 11.4 Å². The van der Waals surface area contributed by atoms with Gasteiger partial charge in [-0.2, -0.15) is 0 Å². The van der Waals surface area contributed by atoms with Crippen molar-refractivity contribution in [3.05, 3.63) is 53.6 Å². The van der Waals surface area contributed by atoms with Gasteiger partial charge in [-0.25, -0.2) is 0 Å². The lowest BCUT2D eigenvalue weighted by Crippen LogP contribution is -2.26. The highest BCUT2D eigenvalue weighted by Gasteiger charge is 2.34. The maximum Gasteiger partial charge on any atom is 0.262 e. The Labute approximate surface area is 152 Å². The SMILES string of the molecule is Cc1ccc(C(CC(=O)Nc2cccc3c2OCC(=O)N3)C2CC2)cc1. The van der Waals surface area contributed by atoms with Gasteiger partial charge in [0.25, 0.3) is 5.91 Å². The van der Waals surface area contributed by atoms with Gasteiger partial charge in [-0.1, -0.05) is 35.9 Å². The fraction of sp³-hybridized carbons (Fsp3) is 0.333. The summed E-state index contributed by atoms with van der Waals surface area (Å²) in [4.78, 5) is 24.1. The van der Waals surface area contributed by atoms with Gasteiger partial charge in [-0.15, -0.1) is 0 Å². The quantitative estimate of drug-likeness (QED) is 0.861. The zero-order valence-electron chi connectivity index (χ0n) is 14.7. The van der Waals surface area contributed by atoms with Crippen molar-refractivity contribution in [2.24, 2.45) is 5.92 Å². The third kappa shape index (κ3) is 3.57. The Morgan fingerprint density at radius 1 is 1.23 bits per heavy atom. The van der Waals surface area contributed by atoms with Crippen LogP contribution in [-0.4, -0.2) is 18.4 Å². The predicted molar refractivity (Wildman–Crippen MR) is 100 cm³/mol. The largest absolute Gasteiger partial charge is 0.479 e. The highest BCUT2D eigenvalue weighted by atomic mass is 16.5. The van der Waals surface area contributed by atoms with Crippen molar-refractivity contribution in [3.63, 3.8) is 0 Å². The molecule has 26 heavy (non-hydrogen) atoms. The monoisotopic (exact) mass is 350 g/mol. The number of hydrogen-bond donors (Lipinski definition) is 2. The second kappa shape index (κ2) is 6.83. The molecule has 4 rings (SSSR count). The van der Waals surface area contributed by atoms with Crippen LogP contribution >= 0.6 is 0 Å². The maximum absolute atomic E-state index is 12.7. The van der Waals surface area contributed by atoms with Crippen LogP contribution in [-0.2, 0) is 9.59 Å². The summed E-state index contributed by atoms with van der Waals surface area (Å²) in [5, 5.41) is 5.72.